The largest absolute Gasteiger partial charge is 1.00 e. The van der Waals surface area contributed by atoms with Crippen LogP contribution in [0.4, 0.5) is 0 Å². The van der Waals surface area contributed by atoms with E-state index in [1.54, 1.807) is 12.1 Å². The Kier molecular flexibility index (Phi) is 6.92. The molecule has 0 bridgehead atoms. The SMILES string of the molecule is O=C(O)c1ccccc1O.[Cl-].[Li+]. The number of rotatable bonds is 1. The molecule has 2 N–H and O–H groups in total. The minimum Gasteiger partial charge on any atom is -1.00 e. The molecule has 0 aliphatic rings. The summed E-state index contributed by atoms with van der Waals surface area (Å²) in [5, 5.41) is 17.3. The van der Waals surface area contributed by atoms with Crippen molar-refractivity contribution in [2.45, 2.75) is 0 Å². The third-order valence-corrected chi connectivity index (χ3v) is 1.13. The number of phenols is 1. The molecule has 0 saturated heterocycles. The van der Waals surface area contributed by atoms with Crippen molar-refractivity contribution < 1.29 is 46.3 Å². The van der Waals surface area contributed by atoms with Crippen LogP contribution in [0.1, 0.15) is 10.4 Å². The van der Waals surface area contributed by atoms with Crippen LogP contribution < -0.4 is 31.3 Å². The summed E-state index contributed by atoms with van der Waals surface area (Å²) in [7, 11) is 0. The van der Waals surface area contributed by atoms with Crippen molar-refractivity contribution in [1.82, 2.24) is 0 Å². The maximum atomic E-state index is 10.3. The Morgan fingerprint density at radius 3 is 2.08 bits per heavy atom. The Balaban J connectivity index is 0. The molecule has 0 spiro atoms. The molecule has 1 aromatic rings. The molecule has 0 aliphatic carbocycles. The summed E-state index contributed by atoms with van der Waals surface area (Å²) in [6.07, 6.45) is 0. The number of aromatic hydroxyl groups is 1. The monoisotopic (exact) mass is 180 g/mol. The first-order chi connectivity index (χ1) is 4.72. The molecule has 0 fully saturated rings. The van der Waals surface area contributed by atoms with E-state index in [2.05, 4.69) is 0 Å². The topological polar surface area (TPSA) is 57.5 Å². The second-order valence-corrected chi connectivity index (χ2v) is 1.82. The fourth-order valence-electron chi connectivity index (χ4n) is 0.654. The summed E-state index contributed by atoms with van der Waals surface area (Å²) in [4.78, 5) is 10.3. The molecule has 0 unspecified atom stereocenters. The third-order valence-electron chi connectivity index (χ3n) is 1.13. The molecular formula is C7H6ClLiO3. The van der Waals surface area contributed by atoms with Crippen molar-refractivity contribution >= 4 is 5.97 Å². The van der Waals surface area contributed by atoms with E-state index in [9.17, 15) is 4.79 Å². The Morgan fingerprint density at radius 2 is 1.75 bits per heavy atom. The molecule has 1 rings (SSSR count). The van der Waals surface area contributed by atoms with Gasteiger partial charge in [-0.05, 0) is 12.1 Å². The van der Waals surface area contributed by atoms with Crippen molar-refractivity contribution in [2.24, 2.45) is 0 Å². The van der Waals surface area contributed by atoms with E-state index in [0.717, 1.165) is 0 Å². The molecule has 12 heavy (non-hydrogen) atoms. The van der Waals surface area contributed by atoms with Crippen LogP contribution in [0.5, 0.6) is 5.75 Å². The van der Waals surface area contributed by atoms with Gasteiger partial charge in [0.2, 0.25) is 0 Å². The van der Waals surface area contributed by atoms with Gasteiger partial charge in [-0.1, -0.05) is 12.1 Å². The second kappa shape index (κ2) is 5.96. The summed E-state index contributed by atoms with van der Waals surface area (Å²) < 4.78 is 0. The molecule has 0 saturated carbocycles. The molecule has 0 atom stereocenters. The average molecular weight is 181 g/mol. The van der Waals surface area contributed by atoms with Crippen molar-refractivity contribution in [3.63, 3.8) is 0 Å². The summed E-state index contributed by atoms with van der Waals surface area (Å²) >= 11 is 0. The van der Waals surface area contributed by atoms with Gasteiger partial charge >= 0.3 is 24.8 Å². The van der Waals surface area contributed by atoms with Gasteiger partial charge < -0.3 is 22.6 Å². The standard InChI is InChI=1S/C7H6O3.ClH.Li/c8-6-4-2-1-3-5(6)7(9)10;;/h1-4,8H,(H,9,10);1H;/q;;+1/p-1. The molecule has 0 amide bonds. The first-order valence-electron chi connectivity index (χ1n) is 2.73. The van der Waals surface area contributed by atoms with Crippen LogP contribution in [0.3, 0.4) is 0 Å². The Hall–Kier alpha value is -0.623. The molecule has 0 aromatic heterocycles. The predicted molar refractivity (Wildman–Crippen MR) is 35.1 cm³/mol. The number of halogens is 1. The van der Waals surface area contributed by atoms with Gasteiger partial charge in [-0.2, -0.15) is 0 Å². The molecule has 3 nitrogen and oxygen atoms in total. The molecule has 0 radical (unpaired) electrons. The van der Waals surface area contributed by atoms with E-state index < -0.39 is 5.97 Å². The number of carboxylic acid groups (broad SMARTS) is 1. The van der Waals surface area contributed by atoms with Gasteiger partial charge in [-0.15, -0.1) is 0 Å². The van der Waals surface area contributed by atoms with Crippen molar-refractivity contribution in [3.8, 4) is 5.75 Å². The van der Waals surface area contributed by atoms with Crippen LogP contribution in [-0.2, 0) is 0 Å². The van der Waals surface area contributed by atoms with Crippen LogP contribution in [0.2, 0.25) is 0 Å². The van der Waals surface area contributed by atoms with E-state index in [4.69, 9.17) is 10.2 Å². The molecule has 60 valence electrons. The van der Waals surface area contributed by atoms with Crippen LogP contribution in [0.15, 0.2) is 24.3 Å². The van der Waals surface area contributed by atoms with Crippen LogP contribution in [0, 0.1) is 0 Å². The predicted octanol–water partition coefficient (Wildman–Crippen LogP) is -4.90. The fourth-order valence-corrected chi connectivity index (χ4v) is 0.654. The minimum absolute atomic E-state index is 0. The Bertz CT molecular complexity index is 265. The maximum absolute atomic E-state index is 10.3. The summed E-state index contributed by atoms with van der Waals surface area (Å²) in [6.45, 7) is 0. The molecule has 5 heteroatoms. The smallest absolute Gasteiger partial charge is 1.00 e. The van der Waals surface area contributed by atoms with Gasteiger partial charge in [0.25, 0.3) is 0 Å². The van der Waals surface area contributed by atoms with Gasteiger partial charge in [0.1, 0.15) is 11.3 Å². The molecule has 1 aromatic carbocycles. The van der Waals surface area contributed by atoms with Crippen LogP contribution in [-0.4, -0.2) is 16.2 Å². The number of benzene rings is 1. The van der Waals surface area contributed by atoms with E-state index in [0.29, 0.717) is 0 Å². The Labute approximate surface area is 88.0 Å². The van der Waals surface area contributed by atoms with Crippen LogP contribution in [0.25, 0.3) is 0 Å². The van der Waals surface area contributed by atoms with Crippen molar-refractivity contribution in [1.29, 1.82) is 0 Å². The Morgan fingerprint density at radius 1 is 1.25 bits per heavy atom. The number of carboxylic acids is 1. The van der Waals surface area contributed by atoms with Gasteiger partial charge in [0.05, 0.1) is 0 Å². The van der Waals surface area contributed by atoms with Gasteiger partial charge in [0, 0.05) is 0 Å². The third kappa shape index (κ3) is 3.18. The number of carbonyl (C=O) groups is 1. The second-order valence-electron chi connectivity index (χ2n) is 1.82. The summed E-state index contributed by atoms with van der Waals surface area (Å²) in [5.41, 5.74) is -0.0671. The summed E-state index contributed by atoms with van der Waals surface area (Å²) in [5.74, 6) is -1.31. The average Bonchev–Trinajstić information content (AvgIpc) is 1.88. The molecule has 0 heterocycles. The molecular weight excluding hydrogens is 174 g/mol. The summed E-state index contributed by atoms with van der Waals surface area (Å²) in [6, 6.07) is 5.81. The number of hydrogen-bond donors (Lipinski definition) is 2. The van der Waals surface area contributed by atoms with Gasteiger partial charge in [-0.3, -0.25) is 0 Å². The van der Waals surface area contributed by atoms with E-state index in [1.165, 1.54) is 12.1 Å². The van der Waals surface area contributed by atoms with Gasteiger partial charge in [0.15, 0.2) is 0 Å². The quantitative estimate of drug-likeness (QED) is 0.426. The van der Waals surface area contributed by atoms with Crippen molar-refractivity contribution in [3.05, 3.63) is 29.8 Å². The number of aromatic carboxylic acids is 1. The van der Waals surface area contributed by atoms with E-state index >= 15 is 0 Å². The zero-order chi connectivity index (χ0) is 7.56. The van der Waals surface area contributed by atoms with Gasteiger partial charge in [-0.25, -0.2) is 4.79 Å². The number of para-hydroxylation sites is 1. The van der Waals surface area contributed by atoms with Crippen molar-refractivity contribution in [2.75, 3.05) is 0 Å². The minimum atomic E-state index is -1.11. The maximum Gasteiger partial charge on any atom is 1.00 e. The molecule has 0 aliphatic heterocycles. The first-order valence-corrected chi connectivity index (χ1v) is 2.73. The van der Waals surface area contributed by atoms with E-state index in [-0.39, 0.29) is 42.6 Å². The number of hydrogen-bond acceptors (Lipinski definition) is 2. The zero-order valence-corrected chi connectivity index (χ0v) is 7.25. The first kappa shape index (κ1) is 13.9. The van der Waals surface area contributed by atoms with E-state index in [1.807, 2.05) is 0 Å². The zero-order valence-electron chi connectivity index (χ0n) is 6.49. The normalized spacial score (nSPS) is 7.67. The van der Waals surface area contributed by atoms with Crippen LogP contribution >= 0.6 is 0 Å². The fraction of sp³-hybridized carbons (Fsp3) is 0.